The number of halogens is 4. The van der Waals surface area contributed by atoms with Crippen molar-refractivity contribution in [3.8, 4) is 5.69 Å². The predicted molar refractivity (Wildman–Crippen MR) is 55.9 cm³/mol. The van der Waals surface area contributed by atoms with Crippen LogP contribution >= 0.6 is 11.6 Å². The molecule has 0 unspecified atom stereocenters. The van der Waals surface area contributed by atoms with Gasteiger partial charge in [0.2, 0.25) is 0 Å². The molecule has 17 heavy (non-hydrogen) atoms. The van der Waals surface area contributed by atoms with Gasteiger partial charge in [0.05, 0.1) is 11.4 Å². The molecule has 1 heterocycles. The van der Waals surface area contributed by atoms with Crippen LogP contribution in [0.2, 0.25) is 0 Å². The van der Waals surface area contributed by atoms with Crippen LogP contribution in [-0.2, 0) is 12.1 Å². The molecule has 0 atom stereocenters. The van der Waals surface area contributed by atoms with Crippen molar-refractivity contribution < 1.29 is 13.2 Å². The average Bonchev–Trinajstić information content (AvgIpc) is 2.76. The molecule has 90 valence electrons. The van der Waals surface area contributed by atoms with E-state index >= 15 is 0 Å². The fraction of sp³-hybridized carbons (Fsp3) is 0.200. The average molecular weight is 262 g/mol. The minimum atomic E-state index is -4.37. The Bertz CT molecular complexity index is 522. The van der Waals surface area contributed by atoms with E-state index in [2.05, 4.69) is 10.2 Å². The Hall–Kier alpha value is -1.56. The molecule has 0 N–H and O–H groups in total. The van der Waals surface area contributed by atoms with Crippen LogP contribution in [0.4, 0.5) is 13.2 Å². The van der Waals surface area contributed by atoms with Crippen molar-refractivity contribution in [2.45, 2.75) is 12.1 Å². The first-order chi connectivity index (χ1) is 8.02. The first-order valence-corrected chi connectivity index (χ1v) is 5.18. The molecule has 0 aliphatic carbocycles. The quantitative estimate of drug-likeness (QED) is 0.778. The van der Waals surface area contributed by atoms with E-state index in [-0.39, 0.29) is 5.88 Å². The van der Waals surface area contributed by atoms with Crippen LogP contribution in [-0.4, -0.2) is 14.8 Å². The van der Waals surface area contributed by atoms with E-state index in [1.54, 1.807) is 0 Å². The van der Waals surface area contributed by atoms with Crippen LogP contribution < -0.4 is 0 Å². The lowest BCUT2D eigenvalue weighted by atomic mass is 10.2. The van der Waals surface area contributed by atoms with Gasteiger partial charge in [-0.25, -0.2) is 0 Å². The van der Waals surface area contributed by atoms with Crippen molar-refractivity contribution in [1.29, 1.82) is 0 Å². The highest BCUT2D eigenvalue weighted by atomic mass is 35.5. The monoisotopic (exact) mass is 261 g/mol. The van der Waals surface area contributed by atoms with Gasteiger partial charge in [-0.3, -0.25) is 4.57 Å². The maximum atomic E-state index is 12.5. The Morgan fingerprint density at radius 1 is 1.29 bits per heavy atom. The number of nitrogens with zero attached hydrogens (tertiary/aromatic N) is 3. The second-order valence-electron chi connectivity index (χ2n) is 3.30. The molecule has 7 heteroatoms. The smallest absolute Gasteiger partial charge is 0.285 e. The van der Waals surface area contributed by atoms with E-state index in [1.807, 2.05) is 0 Å². The molecule has 0 aliphatic rings. The highest BCUT2D eigenvalue weighted by Gasteiger charge is 2.30. The van der Waals surface area contributed by atoms with E-state index in [0.717, 1.165) is 12.1 Å². The zero-order chi connectivity index (χ0) is 12.5. The zero-order valence-electron chi connectivity index (χ0n) is 8.45. The molecular weight excluding hydrogens is 255 g/mol. The van der Waals surface area contributed by atoms with Crippen molar-refractivity contribution in [2.75, 3.05) is 0 Å². The van der Waals surface area contributed by atoms with E-state index in [9.17, 15) is 13.2 Å². The molecule has 0 saturated carbocycles. The van der Waals surface area contributed by atoms with Crippen LogP contribution in [0.25, 0.3) is 5.69 Å². The summed E-state index contributed by atoms with van der Waals surface area (Å²) < 4.78 is 39.0. The second-order valence-corrected chi connectivity index (χ2v) is 3.57. The van der Waals surface area contributed by atoms with Crippen LogP contribution in [0, 0.1) is 0 Å². The molecule has 3 nitrogen and oxygen atoms in total. The molecule has 0 aliphatic heterocycles. The molecule has 0 bridgehead atoms. The maximum Gasteiger partial charge on any atom is 0.416 e. The molecule has 0 amide bonds. The van der Waals surface area contributed by atoms with Crippen LogP contribution in [0.3, 0.4) is 0 Å². The first kappa shape index (κ1) is 11.9. The third-order valence-electron chi connectivity index (χ3n) is 2.19. The molecule has 0 fully saturated rings. The summed E-state index contributed by atoms with van der Waals surface area (Å²) in [5, 5.41) is 7.31. The van der Waals surface area contributed by atoms with Crippen molar-refractivity contribution in [2.24, 2.45) is 0 Å². The van der Waals surface area contributed by atoms with Gasteiger partial charge in [-0.1, -0.05) is 6.07 Å². The molecule has 2 aromatic rings. The molecule has 0 saturated heterocycles. The van der Waals surface area contributed by atoms with E-state index in [4.69, 9.17) is 11.6 Å². The lowest BCUT2D eigenvalue weighted by Gasteiger charge is -2.09. The fourth-order valence-electron chi connectivity index (χ4n) is 1.40. The highest BCUT2D eigenvalue weighted by Crippen LogP contribution is 2.30. The Morgan fingerprint density at radius 3 is 2.71 bits per heavy atom. The summed E-state index contributed by atoms with van der Waals surface area (Å²) in [5.41, 5.74) is -0.385. The Morgan fingerprint density at radius 2 is 2.06 bits per heavy atom. The van der Waals surface area contributed by atoms with Gasteiger partial charge < -0.3 is 0 Å². The van der Waals surface area contributed by atoms with Gasteiger partial charge in [-0.2, -0.15) is 13.2 Å². The van der Waals surface area contributed by atoms with Gasteiger partial charge >= 0.3 is 6.18 Å². The van der Waals surface area contributed by atoms with Crippen molar-refractivity contribution in [1.82, 2.24) is 14.8 Å². The SMILES string of the molecule is FC(F)(F)c1cccc(-n2cnnc2CCl)c1. The van der Waals surface area contributed by atoms with E-state index in [0.29, 0.717) is 11.5 Å². The van der Waals surface area contributed by atoms with Gasteiger partial charge in [0.15, 0.2) is 5.82 Å². The second kappa shape index (κ2) is 4.37. The summed E-state index contributed by atoms with van der Waals surface area (Å²) >= 11 is 5.61. The van der Waals surface area contributed by atoms with E-state index < -0.39 is 11.7 Å². The summed E-state index contributed by atoms with van der Waals surface area (Å²) in [6, 6.07) is 4.90. The third kappa shape index (κ3) is 2.41. The van der Waals surface area contributed by atoms with Gasteiger partial charge in [-0.05, 0) is 18.2 Å². The highest BCUT2D eigenvalue weighted by molar-refractivity contribution is 6.16. The minimum absolute atomic E-state index is 0.0796. The lowest BCUT2D eigenvalue weighted by molar-refractivity contribution is -0.137. The molecular formula is C10H7ClF3N3. The Balaban J connectivity index is 2.47. The van der Waals surface area contributed by atoms with Crippen LogP contribution in [0.1, 0.15) is 11.4 Å². The number of alkyl halides is 4. The first-order valence-electron chi connectivity index (χ1n) is 4.65. The fourth-order valence-corrected chi connectivity index (χ4v) is 1.58. The molecule has 2 rings (SSSR count). The summed E-state index contributed by atoms with van der Waals surface area (Å²) in [4.78, 5) is 0. The third-order valence-corrected chi connectivity index (χ3v) is 2.43. The topological polar surface area (TPSA) is 30.7 Å². The Labute approximate surface area is 99.8 Å². The molecule has 0 spiro atoms. The molecule has 0 radical (unpaired) electrons. The summed E-state index contributed by atoms with van der Waals surface area (Å²) in [5.74, 6) is 0.474. The standard InChI is InChI=1S/C10H7ClF3N3/c11-5-9-16-15-6-17(9)8-3-1-2-7(4-8)10(12,13)14/h1-4,6H,5H2. The number of hydrogen-bond acceptors (Lipinski definition) is 2. The number of hydrogen-bond donors (Lipinski definition) is 0. The van der Waals surface area contributed by atoms with Gasteiger partial charge in [0, 0.05) is 5.69 Å². The normalized spacial score (nSPS) is 11.8. The summed E-state index contributed by atoms with van der Waals surface area (Å²) in [7, 11) is 0. The van der Waals surface area contributed by atoms with Crippen LogP contribution in [0.15, 0.2) is 30.6 Å². The lowest BCUT2D eigenvalue weighted by Crippen LogP contribution is -2.06. The van der Waals surface area contributed by atoms with Gasteiger partial charge in [0.25, 0.3) is 0 Å². The van der Waals surface area contributed by atoms with Crippen LogP contribution in [0.5, 0.6) is 0 Å². The summed E-state index contributed by atoms with van der Waals surface area (Å²) in [6.45, 7) is 0. The van der Waals surface area contributed by atoms with E-state index in [1.165, 1.54) is 23.0 Å². The summed E-state index contributed by atoms with van der Waals surface area (Å²) in [6.07, 6.45) is -3.04. The van der Waals surface area contributed by atoms with Gasteiger partial charge in [0.1, 0.15) is 6.33 Å². The number of aromatic nitrogens is 3. The minimum Gasteiger partial charge on any atom is -0.285 e. The largest absolute Gasteiger partial charge is 0.416 e. The predicted octanol–water partition coefficient (Wildman–Crippen LogP) is 3.02. The van der Waals surface area contributed by atoms with Crippen molar-refractivity contribution in [3.63, 3.8) is 0 Å². The van der Waals surface area contributed by atoms with Crippen molar-refractivity contribution >= 4 is 11.6 Å². The molecule has 1 aromatic heterocycles. The molecule has 1 aromatic carbocycles. The maximum absolute atomic E-state index is 12.5. The number of rotatable bonds is 2. The number of benzene rings is 1. The Kier molecular flexibility index (Phi) is 3.06. The van der Waals surface area contributed by atoms with Crippen molar-refractivity contribution in [3.05, 3.63) is 42.0 Å². The van der Waals surface area contributed by atoms with Gasteiger partial charge in [-0.15, -0.1) is 21.8 Å². The zero-order valence-corrected chi connectivity index (χ0v) is 9.20.